The van der Waals surface area contributed by atoms with Gasteiger partial charge in [0.25, 0.3) is 0 Å². The zero-order chi connectivity index (χ0) is 17.3. The maximum absolute atomic E-state index is 12.5. The molecule has 7 heteroatoms. The second kappa shape index (κ2) is 6.16. The molecule has 25 heavy (non-hydrogen) atoms. The lowest BCUT2D eigenvalue weighted by molar-refractivity contribution is 0.0106. The quantitative estimate of drug-likeness (QED) is 0.845. The van der Waals surface area contributed by atoms with Crippen LogP contribution in [0.1, 0.15) is 12.8 Å². The normalized spacial score (nSPS) is 18.7. The molecule has 0 saturated carbocycles. The van der Waals surface area contributed by atoms with Crippen LogP contribution in [0.2, 0.25) is 0 Å². The highest BCUT2D eigenvalue weighted by molar-refractivity contribution is 5.90. The van der Waals surface area contributed by atoms with Crippen molar-refractivity contribution in [2.75, 3.05) is 25.0 Å². The number of benzene rings is 1. The first-order valence-electron chi connectivity index (χ1n) is 8.19. The van der Waals surface area contributed by atoms with Gasteiger partial charge in [0, 0.05) is 37.2 Å². The Morgan fingerprint density at radius 1 is 1.16 bits per heavy atom. The van der Waals surface area contributed by atoms with Crippen molar-refractivity contribution in [3.8, 4) is 11.3 Å². The third-order valence-electron chi connectivity index (χ3n) is 4.63. The summed E-state index contributed by atoms with van der Waals surface area (Å²) in [7, 11) is 0. The second-order valence-electron chi connectivity index (χ2n) is 6.30. The molecule has 1 N–H and O–H groups in total. The summed E-state index contributed by atoms with van der Waals surface area (Å²) in [6.07, 6.45) is 2.16. The number of amides is 2. The number of piperidine rings is 1. The van der Waals surface area contributed by atoms with Crippen LogP contribution in [0.25, 0.3) is 11.3 Å². The minimum absolute atomic E-state index is 0.170. The van der Waals surface area contributed by atoms with Crippen LogP contribution < -0.4 is 5.32 Å². The lowest BCUT2D eigenvalue weighted by Crippen LogP contribution is -2.49. The van der Waals surface area contributed by atoms with E-state index < -0.39 is 11.8 Å². The van der Waals surface area contributed by atoms with Crippen LogP contribution in [0.3, 0.4) is 0 Å². The number of nitrogens with one attached hydrogen (secondary N) is 1. The first-order chi connectivity index (χ1) is 12.1. The maximum atomic E-state index is 12.5. The number of carbonyl (C=O) groups is 2. The molecule has 2 aliphatic rings. The number of cyclic esters (lactones) is 1. The monoisotopic (exact) mass is 342 g/mol. The average molecular weight is 342 g/mol. The molecule has 1 spiro atoms. The Hall–Kier alpha value is -2.96. The summed E-state index contributed by atoms with van der Waals surface area (Å²) in [6.45, 7) is 1.30. The Balaban J connectivity index is 1.38. The van der Waals surface area contributed by atoms with Crippen molar-refractivity contribution in [1.82, 2.24) is 4.90 Å². The summed E-state index contributed by atoms with van der Waals surface area (Å²) in [5.41, 5.74) is 1.04. The average Bonchev–Trinajstić information content (AvgIpc) is 3.26. The predicted molar refractivity (Wildman–Crippen MR) is 89.1 cm³/mol. The number of rotatable bonds is 2. The molecule has 0 bridgehead atoms. The van der Waals surface area contributed by atoms with Crippen LogP contribution in [0, 0.1) is 0 Å². The SMILES string of the molecule is O=C1OCC2(CCN(C(=O)Nc3cccc(-c4ccco4)c3)CC2)O1. The van der Waals surface area contributed by atoms with Gasteiger partial charge in [0.15, 0.2) is 5.60 Å². The summed E-state index contributed by atoms with van der Waals surface area (Å²) in [5.74, 6) is 0.749. The van der Waals surface area contributed by atoms with Gasteiger partial charge in [0.1, 0.15) is 12.4 Å². The highest BCUT2D eigenvalue weighted by atomic mass is 16.8. The summed E-state index contributed by atoms with van der Waals surface area (Å²) >= 11 is 0. The largest absolute Gasteiger partial charge is 0.509 e. The number of ether oxygens (including phenoxy) is 2. The lowest BCUT2D eigenvalue weighted by atomic mass is 9.92. The summed E-state index contributed by atoms with van der Waals surface area (Å²) in [5, 5.41) is 2.91. The Kier molecular flexibility index (Phi) is 3.83. The van der Waals surface area contributed by atoms with Crippen LogP contribution in [0.4, 0.5) is 15.3 Å². The van der Waals surface area contributed by atoms with Crippen molar-refractivity contribution in [2.45, 2.75) is 18.4 Å². The Morgan fingerprint density at radius 2 is 2.00 bits per heavy atom. The van der Waals surface area contributed by atoms with Gasteiger partial charge in [-0.2, -0.15) is 0 Å². The standard InChI is InChI=1S/C18H18N2O5/c21-16(20-8-6-18(7-9-20)12-24-17(22)25-18)19-14-4-1-3-13(11-14)15-5-2-10-23-15/h1-5,10-11H,6-9,12H2,(H,19,21). The fourth-order valence-electron chi connectivity index (χ4n) is 3.19. The number of anilines is 1. The van der Waals surface area contributed by atoms with Crippen LogP contribution in [0.5, 0.6) is 0 Å². The van der Waals surface area contributed by atoms with E-state index in [9.17, 15) is 9.59 Å². The summed E-state index contributed by atoms with van der Waals surface area (Å²) in [6, 6.07) is 11.0. The fourth-order valence-corrected chi connectivity index (χ4v) is 3.19. The van der Waals surface area contributed by atoms with Crippen molar-refractivity contribution < 1.29 is 23.5 Å². The maximum Gasteiger partial charge on any atom is 0.509 e. The van der Waals surface area contributed by atoms with Gasteiger partial charge >= 0.3 is 12.2 Å². The first kappa shape index (κ1) is 15.6. The molecule has 0 unspecified atom stereocenters. The molecule has 1 aromatic heterocycles. The van der Waals surface area contributed by atoms with Crippen LogP contribution >= 0.6 is 0 Å². The van der Waals surface area contributed by atoms with E-state index >= 15 is 0 Å². The molecule has 1 aromatic carbocycles. The van der Waals surface area contributed by atoms with Crippen molar-refractivity contribution in [3.63, 3.8) is 0 Å². The molecule has 130 valence electrons. The van der Waals surface area contributed by atoms with Gasteiger partial charge in [-0.25, -0.2) is 9.59 Å². The van der Waals surface area contributed by atoms with Gasteiger partial charge < -0.3 is 24.1 Å². The van der Waals surface area contributed by atoms with Gasteiger partial charge in [-0.05, 0) is 24.3 Å². The van der Waals surface area contributed by atoms with Gasteiger partial charge in [0.05, 0.1) is 6.26 Å². The van der Waals surface area contributed by atoms with E-state index in [1.807, 2.05) is 36.4 Å². The van der Waals surface area contributed by atoms with E-state index in [0.717, 1.165) is 11.3 Å². The third kappa shape index (κ3) is 3.17. The van der Waals surface area contributed by atoms with E-state index in [0.29, 0.717) is 31.6 Å². The molecule has 2 aromatic rings. The van der Waals surface area contributed by atoms with Crippen LogP contribution in [0.15, 0.2) is 47.1 Å². The van der Waals surface area contributed by atoms with E-state index in [1.54, 1.807) is 11.2 Å². The van der Waals surface area contributed by atoms with E-state index in [1.165, 1.54) is 0 Å². The molecule has 2 fully saturated rings. The first-order valence-corrected chi connectivity index (χ1v) is 8.19. The zero-order valence-electron chi connectivity index (χ0n) is 13.6. The molecule has 0 atom stereocenters. The molecule has 2 amide bonds. The van der Waals surface area contributed by atoms with Crippen molar-refractivity contribution >= 4 is 17.9 Å². The zero-order valence-corrected chi connectivity index (χ0v) is 13.6. The second-order valence-corrected chi connectivity index (χ2v) is 6.30. The van der Waals surface area contributed by atoms with Crippen molar-refractivity contribution in [1.29, 1.82) is 0 Å². The number of nitrogens with zero attached hydrogens (tertiary/aromatic N) is 1. The van der Waals surface area contributed by atoms with Gasteiger partial charge in [-0.3, -0.25) is 0 Å². The number of urea groups is 1. The molecule has 0 radical (unpaired) electrons. The molecular weight excluding hydrogens is 324 g/mol. The smallest absolute Gasteiger partial charge is 0.464 e. The highest BCUT2D eigenvalue weighted by Gasteiger charge is 2.45. The predicted octanol–water partition coefficient (Wildman–Crippen LogP) is 3.48. The van der Waals surface area contributed by atoms with Crippen LogP contribution in [-0.4, -0.2) is 42.4 Å². The minimum atomic E-state index is -0.618. The molecule has 7 nitrogen and oxygen atoms in total. The molecule has 4 rings (SSSR count). The number of hydrogen-bond acceptors (Lipinski definition) is 5. The van der Waals surface area contributed by atoms with Crippen molar-refractivity contribution in [2.24, 2.45) is 0 Å². The number of hydrogen-bond donors (Lipinski definition) is 1. The molecular formula is C18H18N2O5. The number of likely N-dealkylation sites (tertiary alicyclic amines) is 1. The molecule has 3 heterocycles. The lowest BCUT2D eigenvalue weighted by Gasteiger charge is -2.36. The summed E-state index contributed by atoms with van der Waals surface area (Å²) < 4.78 is 15.5. The highest BCUT2D eigenvalue weighted by Crippen LogP contribution is 2.32. The minimum Gasteiger partial charge on any atom is -0.464 e. The fraction of sp³-hybridized carbons (Fsp3) is 0.333. The van der Waals surface area contributed by atoms with Gasteiger partial charge in [0.2, 0.25) is 0 Å². The molecule has 0 aliphatic carbocycles. The van der Waals surface area contributed by atoms with Crippen molar-refractivity contribution in [3.05, 3.63) is 42.7 Å². The molecule has 2 aliphatic heterocycles. The third-order valence-corrected chi connectivity index (χ3v) is 4.63. The Labute approximate surface area is 144 Å². The Bertz CT molecular complexity index is 779. The van der Waals surface area contributed by atoms with E-state index in [-0.39, 0.29) is 12.6 Å². The topological polar surface area (TPSA) is 81.0 Å². The number of furan rings is 1. The van der Waals surface area contributed by atoms with E-state index in [4.69, 9.17) is 13.9 Å². The Morgan fingerprint density at radius 3 is 2.68 bits per heavy atom. The van der Waals surface area contributed by atoms with Gasteiger partial charge in [-0.15, -0.1) is 0 Å². The summed E-state index contributed by atoms with van der Waals surface area (Å²) in [4.78, 5) is 25.4. The number of carbonyl (C=O) groups excluding carboxylic acids is 2. The molecule has 2 saturated heterocycles. The van der Waals surface area contributed by atoms with E-state index in [2.05, 4.69) is 5.32 Å². The van der Waals surface area contributed by atoms with Gasteiger partial charge in [-0.1, -0.05) is 12.1 Å². The van der Waals surface area contributed by atoms with Crippen LogP contribution in [-0.2, 0) is 9.47 Å².